The Morgan fingerprint density at radius 2 is 1.76 bits per heavy atom. The van der Waals surface area contributed by atoms with E-state index in [1.54, 1.807) is 36.4 Å². The van der Waals surface area contributed by atoms with Gasteiger partial charge >= 0.3 is 5.97 Å². The third kappa shape index (κ3) is 3.97. The van der Waals surface area contributed by atoms with Crippen LogP contribution < -0.4 is 10.2 Å². The van der Waals surface area contributed by atoms with E-state index in [2.05, 4.69) is 16.3 Å². The molecule has 3 aromatic rings. The summed E-state index contributed by atoms with van der Waals surface area (Å²) < 4.78 is 13.4. The van der Waals surface area contributed by atoms with Crippen molar-refractivity contribution in [2.45, 2.75) is 37.8 Å². The normalized spacial score (nSPS) is 16.4. The van der Waals surface area contributed by atoms with Crippen LogP contribution in [0.3, 0.4) is 0 Å². The molecule has 6 heteroatoms. The van der Waals surface area contributed by atoms with Crippen LogP contribution in [0.5, 0.6) is 0 Å². The van der Waals surface area contributed by atoms with Gasteiger partial charge < -0.3 is 15.3 Å². The first-order valence-electron chi connectivity index (χ1n) is 11.1. The van der Waals surface area contributed by atoms with Gasteiger partial charge in [-0.25, -0.2) is 9.18 Å². The first kappa shape index (κ1) is 21.2. The van der Waals surface area contributed by atoms with Crippen LogP contribution in [-0.2, 0) is 12.0 Å². The zero-order valence-corrected chi connectivity index (χ0v) is 18.3. The lowest BCUT2D eigenvalue weighted by Crippen LogP contribution is -2.29. The summed E-state index contributed by atoms with van der Waals surface area (Å²) in [6.45, 7) is 3.36. The van der Waals surface area contributed by atoms with Crippen molar-refractivity contribution in [3.63, 3.8) is 0 Å². The number of fused-ring (bicyclic) bond motifs is 2. The van der Waals surface area contributed by atoms with Crippen LogP contribution >= 0.6 is 0 Å². The van der Waals surface area contributed by atoms with Crippen LogP contribution in [-0.4, -0.2) is 23.5 Å². The maximum atomic E-state index is 13.4. The van der Waals surface area contributed by atoms with Crippen molar-refractivity contribution in [3.05, 3.63) is 100 Å². The molecule has 5 nitrogen and oxygen atoms in total. The molecule has 33 heavy (non-hydrogen) atoms. The van der Waals surface area contributed by atoms with E-state index in [1.807, 2.05) is 19.1 Å². The van der Waals surface area contributed by atoms with Gasteiger partial charge in [-0.05, 0) is 66.8 Å². The highest BCUT2D eigenvalue weighted by Gasteiger charge is 2.52. The van der Waals surface area contributed by atoms with Crippen LogP contribution in [0.15, 0.2) is 66.7 Å². The van der Waals surface area contributed by atoms with Crippen LogP contribution in [0.2, 0.25) is 0 Å². The largest absolute Gasteiger partial charge is 0.478 e. The highest BCUT2D eigenvalue weighted by atomic mass is 19.1. The van der Waals surface area contributed by atoms with Crippen molar-refractivity contribution >= 4 is 17.6 Å². The number of benzene rings is 3. The number of carboxylic acid groups (broad SMARTS) is 1. The predicted octanol–water partition coefficient (Wildman–Crippen LogP) is 5.07. The van der Waals surface area contributed by atoms with E-state index < -0.39 is 5.97 Å². The molecule has 1 atom stereocenters. The van der Waals surface area contributed by atoms with Crippen LogP contribution in [0.1, 0.15) is 63.2 Å². The molecule has 1 fully saturated rings. The lowest BCUT2D eigenvalue weighted by molar-refractivity contribution is 0.0696. The Morgan fingerprint density at radius 1 is 1.06 bits per heavy atom. The Balaban J connectivity index is 1.41. The molecule has 1 aliphatic heterocycles. The van der Waals surface area contributed by atoms with Gasteiger partial charge in [0.1, 0.15) is 5.82 Å². The number of hydrogen-bond donors (Lipinski definition) is 2. The number of rotatable bonds is 6. The Morgan fingerprint density at radius 3 is 2.39 bits per heavy atom. The Kier molecular flexibility index (Phi) is 5.16. The number of nitrogens with one attached hydrogen (secondary N) is 1. The number of amides is 1. The molecule has 0 unspecified atom stereocenters. The first-order valence-corrected chi connectivity index (χ1v) is 11.1. The van der Waals surface area contributed by atoms with Crippen molar-refractivity contribution in [1.29, 1.82) is 0 Å². The van der Waals surface area contributed by atoms with Gasteiger partial charge in [0.25, 0.3) is 5.91 Å². The summed E-state index contributed by atoms with van der Waals surface area (Å²) in [5, 5.41) is 12.2. The quantitative estimate of drug-likeness (QED) is 0.557. The number of carboxylic acids is 1. The van der Waals surface area contributed by atoms with E-state index in [1.165, 1.54) is 17.7 Å². The summed E-state index contributed by atoms with van der Waals surface area (Å²) in [6.07, 6.45) is 2.22. The molecule has 5 rings (SSSR count). The second kappa shape index (κ2) is 8.03. The maximum Gasteiger partial charge on any atom is 0.335 e. The first-order chi connectivity index (χ1) is 15.9. The minimum absolute atomic E-state index is 0.115. The molecular formula is C27H25FN2O3. The van der Waals surface area contributed by atoms with Gasteiger partial charge in [0.15, 0.2) is 0 Å². The number of para-hydroxylation sites is 1. The summed E-state index contributed by atoms with van der Waals surface area (Å²) in [5.74, 6) is -1.40. The number of carbonyl (C=O) groups excluding carboxylic acids is 1. The fourth-order valence-corrected chi connectivity index (χ4v) is 4.82. The van der Waals surface area contributed by atoms with E-state index in [9.17, 15) is 14.0 Å². The summed E-state index contributed by atoms with van der Waals surface area (Å²) in [5.41, 5.74) is 4.98. The van der Waals surface area contributed by atoms with Crippen molar-refractivity contribution in [3.8, 4) is 0 Å². The Labute approximate surface area is 191 Å². The Bertz CT molecular complexity index is 1220. The van der Waals surface area contributed by atoms with Crippen molar-refractivity contribution < 1.29 is 19.1 Å². The maximum absolute atomic E-state index is 13.4. The summed E-state index contributed by atoms with van der Waals surface area (Å²) in [7, 11) is 0. The number of hydrogen-bond acceptors (Lipinski definition) is 3. The van der Waals surface area contributed by atoms with Gasteiger partial charge in [-0.2, -0.15) is 0 Å². The highest BCUT2D eigenvalue weighted by molar-refractivity contribution is 6.01. The summed E-state index contributed by atoms with van der Waals surface area (Å²) in [4.78, 5) is 26.7. The average Bonchev–Trinajstić information content (AvgIpc) is 3.53. The van der Waals surface area contributed by atoms with Crippen LogP contribution in [0, 0.1) is 5.82 Å². The standard InChI is InChI=1S/C27H25FN2O3/c1-17(19-7-9-20(10-8-19)26(32)33)29-25(31)22-3-2-4-23-24(22)30(16-27(23)13-14-27)15-18-5-11-21(28)12-6-18/h2-12,17H,13-16H2,1H3,(H,29,31)(H,32,33)/t17-/m0/s1. The second-order valence-electron chi connectivity index (χ2n) is 9.09. The molecule has 2 aliphatic rings. The van der Waals surface area contributed by atoms with E-state index >= 15 is 0 Å². The SMILES string of the molecule is C[C@H](NC(=O)c1cccc2c1N(Cc1ccc(F)cc1)CC21CC1)c1ccc(C(=O)O)cc1. The lowest BCUT2D eigenvalue weighted by atomic mass is 9.96. The van der Waals surface area contributed by atoms with E-state index in [0.29, 0.717) is 12.1 Å². The monoisotopic (exact) mass is 444 g/mol. The van der Waals surface area contributed by atoms with Crippen molar-refractivity contribution in [1.82, 2.24) is 5.32 Å². The molecule has 0 aromatic heterocycles. The van der Waals surface area contributed by atoms with E-state index in [-0.39, 0.29) is 28.7 Å². The van der Waals surface area contributed by atoms with Gasteiger partial charge in [-0.15, -0.1) is 0 Å². The molecule has 1 aliphatic carbocycles. The van der Waals surface area contributed by atoms with E-state index in [4.69, 9.17) is 5.11 Å². The lowest BCUT2D eigenvalue weighted by Gasteiger charge is -2.23. The molecule has 168 valence electrons. The second-order valence-corrected chi connectivity index (χ2v) is 9.09. The molecule has 1 saturated carbocycles. The van der Waals surface area contributed by atoms with Gasteiger partial charge in [0.05, 0.1) is 22.9 Å². The number of aromatic carboxylic acids is 1. The van der Waals surface area contributed by atoms with Crippen LogP contribution in [0.25, 0.3) is 0 Å². The number of nitrogens with zero attached hydrogens (tertiary/aromatic N) is 1. The third-order valence-electron chi connectivity index (χ3n) is 6.81. The van der Waals surface area contributed by atoms with E-state index in [0.717, 1.165) is 36.2 Å². The van der Waals surface area contributed by atoms with Gasteiger partial charge in [-0.1, -0.05) is 36.4 Å². The molecule has 0 bridgehead atoms. The molecule has 0 saturated heterocycles. The fraction of sp³-hybridized carbons (Fsp3) is 0.259. The fourth-order valence-electron chi connectivity index (χ4n) is 4.82. The topological polar surface area (TPSA) is 69.6 Å². The van der Waals surface area contributed by atoms with Crippen LogP contribution in [0.4, 0.5) is 10.1 Å². The number of carbonyl (C=O) groups is 2. The summed E-state index contributed by atoms with van der Waals surface area (Å²) >= 11 is 0. The minimum atomic E-state index is -0.978. The Hall–Kier alpha value is -3.67. The van der Waals surface area contributed by atoms with Crippen molar-refractivity contribution in [2.75, 3.05) is 11.4 Å². The van der Waals surface area contributed by atoms with Crippen molar-refractivity contribution in [2.24, 2.45) is 0 Å². The molecule has 2 N–H and O–H groups in total. The smallest absolute Gasteiger partial charge is 0.335 e. The third-order valence-corrected chi connectivity index (χ3v) is 6.81. The highest BCUT2D eigenvalue weighted by Crippen LogP contribution is 2.57. The molecule has 0 radical (unpaired) electrons. The average molecular weight is 445 g/mol. The molecule has 1 spiro atoms. The van der Waals surface area contributed by atoms with Gasteiger partial charge in [0, 0.05) is 18.5 Å². The molecular weight excluding hydrogens is 419 g/mol. The molecule has 1 amide bonds. The molecule has 1 heterocycles. The van der Waals surface area contributed by atoms with Gasteiger partial charge in [0.2, 0.25) is 0 Å². The van der Waals surface area contributed by atoms with Gasteiger partial charge in [-0.3, -0.25) is 4.79 Å². The molecule has 3 aromatic carbocycles. The minimum Gasteiger partial charge on any atom is -0.478 e. The summed E-state index contributed by atoms with van der Waals surface area (Å²) in [6, 6.07) is 18.7. The zero-order valence-electron chi connectivity index (χ0n) is 18.3. The zero-order chi connectivity index (χ0) is 23.2. The predicted molar refractivity (Wildman–Crippen MR) is 124 cm³/mol. The number of anilines is 1. The number of halogens is 1.